The Morgan fingerprint density at radius 1 is 1.03 bits per heavy atom. The number of esters is 1. The zero-order chi connectivity index (χ0) is 25.7. The number of carbonyl (C=O) groups is 1. The molecule has 1 aliphatic carbocycles. The molecule has 34 heavy (non-hydrogen) atoms. The normalized spacial score (nSPS) is 21.0. The van der Waals surface area contributed by atoms with E-state index in [-0.39, 0.29) is 23.0 Å². The predicted molar refractivity (Wildman–Crippen MR) is 135 cm³/mol. The van der Waals surface area contributed by atoms with Gasteiger partial charge < -0.3 is 9.47 Å². The van der Waals surface area contributed by atoms with E-state index >= 15 is 4.39 Å². The van der Waals surface area contributed by atoms with Crippen molar-refractivity contribution in [3.8, 4) is 5.75 Å². The van der Waals surface area contributed by atoms with E-state index in [4.69, 9.17) is 4.74 Å². The van der Waals surface area contributed by atoms with E-state index in [1.165, 1.54) is 30.2 Å². The number of allylic oxidation sites excluding steroid dienone is 5. The molecule has 5 heteroatoms. The molecule has 1 aromatic carbocycles. The van der Waals surface area contributed by atoms with Crippen molar-refractivity contribution in [2.75, 3.05) is 13.2 Å². The standard InChI is InChI=1S/C29H40F2O3/c1-9-16-34-25-18-22-23(29(8,10-2)15-14-28(22,6)7)17-21(25)20(5)24(30)13-12-19(4)26(31)27(32)33-11-3/h12-13,17-18H,9-11,14-16H2,1-8H3/b13-12+,24-20+,26-19-. The molecule has 1 aromatic rings. The van der Waals surface area contributed by atoms with Gasteiger partial charge in [0.05, 0.1) is 13.2 Å². The maximum atomic E-state index is 15.3. The second kappa shape index (κ2) is 11.3. The highest BCUT2D eigenvalue weighted by Crippen LogP contribution is 2.50. The Hall–Kier alpha value is -2.43. The van der Waals surface area contributed by atoms with Gasteiger partial charge in [0.1, 0.15) is 11.6 Å². The molecule has 0 saturated carbocycles. The molecule has 0 saturated heterocycles. The number of ether oxygens (including phenoxy) is 2. The molecule has 0 heterocycles. The summed E-state index contributed by atoms with van der Waals surface area (Å²) < 4.78 is 40.2. The third kappa shape index (κ3) is 5.97. The van der Waals surface area contributed by atoms with Crippen molar-refractivity contribution in [1.29, 1.82) is 0 Å². The highest BCUT2D eigenvalue weighted by Gasteiger charge is 2.39. The Balaban J connectivity index is 2.61. The smallest absolute Gasteiger partial charge is 0.367 e. The number of hydrogen-bond donors (Lipinski definition) is 0. The molecular formula is C29H40F2O3. The van der Waals surface area contributed by atoms with Crippen LogP contribution < -0.4 is 4.74 Å². The van der Waals surface area contributed by atoms with Gasteiger partial charge in [0.15, 0.2) is 0 Å². The second-order valence-corrected chi connectivity index (χ2v) is 10.1. The molecule has 0 radical (unpaired) electrons. The Bertz CT molecular complexity index is 1000. The van der Waals surface area contributed by atoms with Gasteiger partial charge in [-0.25, -0.2) is 9.18 Å². The van der Waals surface area contributed by atoms with Crippen LogP contribution in [0.5, 0.6) is 5.75 Å². The fourth-order valence-electron chi connectivity index (χ4n) is 4.37. The lowest BCUT2D eigenvalue weighted by molar-refractivity contribution is -0.140. The lowest BCUT2D eigenvalue weighted by atomic mass is 9.61. The van der Waals surface area contributed by atoms with Crippen LogP contribution >= 0.6 is 0 Å². The molecule has 0 spiro atoms. The van der Waals surface area contributed by atoms with E-state index in [0.717, 1.165) is 25.7 Å². The van der Waals surface area contributed by atoms with Gasteiger partial charge in [0.2, 0.25) is 5.83 Å². The van der Waals surface area contributed by atoms with Crippen LogP contribution in [0.2, 0.25) is 0 Å². The molecule has 0 aliphatic heterocycles. The van der Waals surface area contributed by atoms with Crippen LogP contribution in [0.4, 0.5) is 8.78 Å². The maximum absolute atomic E-state index is 15.3. The van der Waals surface area contributed by atoms with Crippen LogP contribution in [0, 0.1) is 0 Å². The van der Waals surface area contributed by atoms with Crippen LogP contribution in [-0.4, -0.2) is 19.2 Å². The summed E-state index contributed by atoms with van der Waals surface area (Å²) in [5.41, 5.74) is 3.65. The highest BCUT2D eigenvalue weighted by atomic mass is 19.1. The van der Waals surface area contributed by atoms with E-state index in [9.17, 15) is 9.18 Å². The van der Waals surface area contributed by atoms with Crippen molar-refractivity contribution in [3.63, 3.8) is 0 Å². The van der Waals surface area contributed by atoms with E-state index in [1.54, 1.807) is 13.8 Å². The first-order chi connectivity index (χ1) is 15.9. The number of halogens is 2. The number of carbonyl (C=O) groups excluding carboxylic acids is 1. The second-order valence-electron chi connectivity index (χ2n) is 10.1. The molecule has 1 aliphatic rings. The summed E-state index contributed by atoms with van der Waals surface area (Å²) >= 11 is 0. The van der Waals surface area contributed by atoms with Crippen LogP contribution in [0.3, 0.4) is 0 Å². The van der Waals surface area contributed by atoms with Crippen LogP contribution in [0.1, 0.15) is 97.8 Å². The van der Waals surface area contributed by atoms with Crippen molar-refractivity contribution in [2.45, 2.75) is 91.9 Å². The van der Waals surface area contributed by atoms with E-state index in [0.29, 0.717) is 23.5 Å². The zero-order valence-corrected chi connectivity index (χ0v) is 22.0. The molecule has 0 aromatic heterocycles. The SMILES string of the molecule is CCCOc1cc2c(cc1\C(C)=C(F)/C=C/C(C)=C(\F)C(=O)OCC)C(C)(CC)CCC2(C)C. The van der Waals surface area contributed by atoms with E-state index in [2.05, 4.69) is 44.6 Å². The Labute approximate surface area is 203 Å². The van der Waals surface area contributed by atoms with Gasteiger partial charge in [-0.3, -0.25) is 0 Å². The molecule has 2 rings (SSSR count). The monoisotopic (exact) mass is 474 g/mol. The Kier molecular flexibility index (Phi) is 9.27. The third-order valence-corrected chi connectivity index (χ3v) is 7.09. The Morgan fingerprint density at radius 2 is 1.71 bits per heavy atom. The van der Waals surface area contributed by atoms with Gasteiger partial charge in [0, 0.05) is 5.56 Å². The van der Waals surface area contributed by atoms with Gasteiger partial charge >= 0.3 is 5.97 Å². The number of fused-ring (bicyclic) bond motifs is 1. The van der Waals surface area contributed by atoms with Crippen LogP contribution in [0.25, 0.3) is 5.57 Å². The minimum absolute atomic E-state index is 0.00889. The molecule has 1 atom stereocenters. The summed E-state index contributed by atoms with van der Waals surface area (Å²) in [6.45, 7) is 16.3. The summed E-state index contributed by atoms with van der Waals surface area (Å²) in [7, 11) is 0. The van der Waals surface area contributed by atoms with Crippen molar-refractivity contribution in [3.05, 3.63) is 58.2 Å². The van der Waals surface area contributed by atoms with Gasteiger partial charge in [-0.15, -0.1) is 0 Å². The minimum Gasteiger partial charge on any atom is -0.493 e. The number of rotatable bonds is 9. The van der Waals surface area contributed by atoms with Gasteiger partial charge in [0.25, 0.3) is 0 Å². The fourth-order valence-corrected chi connectivity index (χ4v) is 4.37. The lowest BCUT2D eigenvalue weighted by Gasteiger charge is -2.44. The summed E-state index contributed by atoms with van der Waals surface area (Å²) in [4.78, 5) is 11.6. The first-order valence-electron chi connectivity index (χ1n) is 12.3. The third-order valence-electron chi connectivity index (χ3n) is 7.09. The topological polar surface area (TPSA) is 35.5 Å². The van der Waals surface area contributed by atoms with E-state index < -0.39 is 17.6 Å². The van der Waals surface area contributed by atoms with Crippen molar-refractivity contribution < 1.29 is 23.0 Å². The molecule has 1 unspecified atom stereocenters. The molecule has 0 bridgehead atoms. The number of hydrogen-bond acceptors (Lipinski definition) is 3. The molecule has 0 N–H and O–H groups in total. The Morgan fingerprint density at radius 3 is 2.29 bits per heavy atom. The van der Waals surface area contributed by atoms with Gasteiger partial charge in [-0.2, -0.15) is 4.39 Å². The van der Waals surface area contributed by atoms with Crippen LogP contribution in [0.15, 0.2) is 41.5 Å². The first-order valence-corrected chi connectivity index (χ1v) is 12.3. The maximum Gasteiger partial charge on any atom is 0.367 e. The minimum atomic E-state index is -1.04. The quantitative estimate of drug-likeness (QED) is 0.205. The first kappa shape index (κ1) is 27.8. The zero-order valence-electron chi connectivity index (χ0n) is 22.0. The molecule has 3 nitrogen and oxygen atoms in total. The van der Waals surface area contributed by atoms with Gasteiger partial charge in [-0.05, 0) is 97.8 Å². The van der Waals surface area contributed by atoms with Crippen LogP contribution in [-0.2, 0) is 20.4 Å². The molecule has 188 valence electrons. The van der Waals surface area contributed by atoms with Crippen molar-refractivity contribution in [1.82, 2.24) is 0 Å². The summed E-state index contributed by atoms with van der Waals surface area (Å²) in [6.07, 6.45) is 6.44. The van der Waals surface area contributed by atoms with Gasteiger partial charge in [-0.1, -0.05) is 40.7 Å². The lowest BCUT2D eigenvalue weighted by Crippen LogP contribution is -2.35. The highest BCUT2D eigenvalue weighted by molar-refractivity contribution is 5.87. The summed E-state index contributed by atoms with van der Waals surface area (Å²) in [6, 6.07) is 4.19. The van der Waals surface area contributed by atoms with E-state index in [1.807, 2.05) is 6.92 Å². The summed E-state index contributed by atoms with van der Waals surface area (Å²) in [5, 5.41) is 0. The molecular weight excluding hydrogens is 434 g/mol. The van der Waals surface area contributed by atoms with Crippen molar-refractivity contribution in [2.24, 2.45) is 0 Å². The number of benzene rings is 1. The average molecular weight is 475 g/mol. The summed E-state index contributed by atoms with van der Waals surface area (Å²) in [5.74, 6) is -1.91. The fraction of sp³-hybridized carbons (Fsp3) is 0.552. The molecule has 0 fully saturated rings. The van der Waals surface area contributed by atoms with Crippen molar-refractivity contribution >= 4 is 11.5 Å². The molecule has 0 amide bonds. The average Bonchev–Trinajstić information content (AvgIpc) is 2.82. The predicted octanol–water partition coefficient (Wildman–Crippen LogP) is 8.28. The largest absolute Gasteiger partial charge is 0.493 e.